The molecule has 0 saturated heterocycles. The number of halogens is 2. The van der Waals surface area contributed by atoms with Crippen molar-refractivity contribution in [1.29, 1.82) is 0 Å². The molecule has 0 radical (unpaired) electrons. The molecule has 0 aliphatic heterocycles. The Kier molecular flexibility index (Phi) is 5.87. The maximum absolute atomic E-state index is 12.7. The van der Waals surface area contributed by atoms with E-state index in [1.165, 1.54) is 6.07 Å². The fourth-order valence-corrected chi connectivity index (χ4v) is 2.34. The number of nitrogens with zero attached hydrogens (tertiary/aromatic N) is 1. The van der Waals surface area contributed by atoms with E-state index >= 15 is 0 Å². The molecule has 0 aliphatic rings. The van der Waals surface area contributed by atoms with E-state index in [1.807, 2.05) is 13.0 Å². The molecular formula is C17H19F2NO3. The zero-order chi connectivity index (χ0) is 16.8. The van der Waals surface area contributed by atoms with Crippen molar-refractivity contribution < 1.29 is 18.3 Å². The van der Waals surface area contributed by atoms with Gasteiger partial charge in [-0.25, -0.2) is 8.78 Å². The second-order valence-electron chi connectivity index (χ2n) is 5.07. The average molecular weight is 323 g/mol. The third kappa shape index (κ3) is 4.39. The van der Waals surface area contributed by atoms with Gasteiger partial charge in [-0.15, -0.1) is 0 Å². The largest absolute Gasteiger partial charge is 0.491 e. The Morgan fingerprint density at radius 1 is 1.17 bits per heavy atom. The fraction of sp³-hybridized carbons (Fsp3) is 0.353. The standard InChI is InChI=1S/C17H19F2NO3/c1-12-10-13(23-9-8-22-2)6-7-14(12)15-4-3-5-17(21)20(15)11-16(18)19/h3-7,10,16H,8-9,11H2,1-2H3. The summed E-state index contributed by atoms with van der Waals surface area (Å²) < 4.78 is 37.0. The van der Waals surface area contributed by atoms with E-state index in [0.717, 1.165) is 15.7 Å². The predicted octanol–water partition coefficient (Wildman–Crippen LogP) is 3.11. The zero-order valence-electron chi connectivity index (χ0n) is 13.1. The molecule has 6 heteroatoms. The summed E-state index contributed by atoms with van der Waals surface area (Å²) in [5.74, 6) is 0.669. The number of alkyl halides is 2. The molecular weight excluding hydrogens is 304 g/mol. The second-order valence-corrected chi connectivity index (χ2v) is 5.07. The smallest absolute Gasteiger partial charge is 0.256 e. The van der Waals surface area contributed by atoms with Gasteiger partial charge in [0.1, 0.15) is 12.4 Å². The summed E-state index contributed by atoms with van der Waals surface area (Å²) in [7, 11) is 1.59. The molecule has 0 bridgehead atoms. The van der Waals surface area contributed by atoms with E-state index < -0.39 is 18.5 Å². The van der Waals surface area contributed by atoms with Gasteiger partial charge in [-0.05, 0) is 36.8 Å². The third-order valence-corrected chi connectivity index (χ3v) is 3.40. The quantitative estimate of drug-likeness (QED) is 0.735. The van der Waals surface area contributed by atoms with Crippen LogP contribution in [0.15, 0.2) is 41.2 Å². The van der Waals surface area contributed by atoms with Crippen molar-refractivity contribution in [2.45, 2.75) is 19.9 Å². The van der Waals surface area contributed by atoms with E-state index in [-0.39, 0.29) is 0 Å². The molecule has 1 heterocycles. The summed E-state index contributed by atoms with van der Waals surface area (Å²) in [5.41, 5.74) is 1.59. The van der Waals surface area contributed by atoms with Crippen molar-refractivity contribution >= 4 is 0 Å². The molecule has 124 valence electrons. The Labute approximate surface area is 133 Å². The van der Waals surface area contributed by atoms with Gasteiger partial charge in [0.15, 0.2) is 0 Å². The number of benzene rings is 1. The summed E-state index contributed by atoms with van der Waals surface area (Å²) in [6.45, 7) is 2.13. The summed E-state index contributed by atoms with van der Waals surface area (Å²) >= 11 is 0. The van der Waals surface area contributed by atoms with Gasteiger partial charge >= 0.3 is 0 Å². The third-order valence-electron chi connectivity index (χ3n) is 3.40. The lowest BCUT2D eigenvalue weighted by atomic mass is 10.0. The zero-order valence-corrected chi connectivity index (χ0v) is 13.1. The van der Waals surface area contributed by atoms with Crippen LogP contribution in [0.3, 0.4) is 0 Å². The van der Waals surface area contributed by atoms with Crippen LogP contribution < -0.4 is 10.3 Å². The first-order chi connectivity index (χ1) is 11.0. The van der Waals surface area contributed by atoms with Crippen LogP contribution in [0, 0.1) is 6.92 Å². The number of pyridine rings is 1. The fourth-order valence-electron chi connectivity index (χ4n) is 2.34. The number of methoxy groups -OCH3 is 1. The molecule has 0 aliphatic carbocycles. The number of ether oxygens (including phenoxy) is 2. The lowest BCUT2D eigenvalue weighted by Crippen LogP contribution is -2.24. The molecule has 23 heavy (non-hydrogen) atoms. The minimum atomic E-state index is -2.59. The minimum Gasteiger partial charge on any atom is -0.491 e. The number of hydrogen-bond acceptors (Lipinski definition) is 3. The molecule has 0 N–H and O–H groups in total. The van der Waals surface area contributed by atoms with Gasteiger partial charge in [-0.2, -0.15) is 0 Å². The van der Waals surface area contributed by atoms with Gasteiger partial charge in [-0.1, -0.05) is 6.07 Å². The van der Waals surface area contributed by atoms with Crippen molar-refractivity contribution in [3.63, 3.8) is 0 Å². The van der Waals surface area contributed by atoms with Gasteiger partial charge in [0.25, 0.3) is 12.0 Å². The minimum absolute atomic E-state index is 0.427. The van der Waals surface area contributed by atoms with Crippen LogP contribution in [-0.4, -0.2) is 31.3 Å². The normalized spacial score (nSPS) is 11.0. The van der Waals surface area contributed by atoms with Crippen molar-refractivity contribution in [2.75, 3.05) is 20.3 Å². The van der Waals surface area contributed by atoms with Crippen LogP contribution >= 0.6 is 0 Å². The predicted molar refractivity (Wildman–Crippen MR) is 84.3 cm³/mol. The summed E-state index contributed by atoms with van der Waals surface area (Å²) in [4.78, 5) is 11.9. The molecule has 0 spiro atoms. The Balaban J connectivity index is 2.35. The first-order valence-corrected chi connectivity index (χ1v) is 7.23. The monoisotopic (exact) mass is 323 g/mol. The molecule has 4 nitrogen and oxygen atoms in total. The molecule has 1 aromatic carbocycles. The van der Waals surface area contributed by atoms with E-state index in [4.69, 9.17) is 9.47 Å². The average Bonchev–Trinajstić information content (AvgIpc) is 2.50. The molecule has 0 atom stereocenters. The molecule has 2 aromatic rings. The van der Waals surface area contributed by atoms with Gasteiger partial charge in [0, 0.05) is 18.7 Å². The van der Waals surface area contributed by atoms with Gasteiger partial charge in [-0.3, -0.25) is 4.79 Å². The van der Waals surface area contributed by atoms with Crippen LogP contribution in [0.4, 0.5) is 8.78 Å². The number of aryl methyl sites for hydroxylation is 1. The van der Waals surface area contributed by atoms with E-state index in [0.29, 0.717) is 24.7 Å². The van der Waals surface area contributed by atoms with Crippen LogP contribution in [0.5, 0.6) is 5.75 Å². The maximum Gasteiger partial charge on any atom is 0.256 e. The number of aromatic nitrogens is 1. The molecule has 2 rings (SSSR count). The Morgan fingerprint density at radius 3 is 2.61 bits per heavy atom. The lowest BCUT2D eigenvalue weighted by Gasteiger charge is -2.15. The molecule has 0 fully saturated rings. The highest BCUT2D eigenvalue weighted by Gasteiger charge is 2.13. The highest BCUT2D eigenvalue weighted by atomic mass is 19.3. The Hall–Kier alpha value is -2.21. The van der Waals surface area contributed by atoms with E-state index in [9.17, 15) is 13.6 Å². The second kappa shape index (κ2) is 7.87. The summed E-state index contributed by atoms with van der Waals surface area (Å²) in [5, 5.41) is 0. The summed E-state index contributed by atoms with van der Waals surface area (Å²) in [6, 6.07) is 9.86. The Bertz CT molecular complexity index is 713. The lowest BCUT2D eigenvalue weighted by molar-refractivity contribution is 0.126. The maximum atomic E-state index is 12.7. The van der Waals surface area contributed by atoms with Gasteiger partial charge in [0.2, 0.25) is 0 Å². The van der Waals surface area contributed by atoms with Crippen molar-refractivity contribution in [3.8, 4) is 17.0 Å². The molecule has 0 amide bonds. The van der Waals surface area contributed by atoms with Crippen molar-refractivity contribution in [1.82, 2.24) is 4.57 Å². The van der Waals surface area contributed by atoms with Crippen LogP contribution in [-0.2, 0) is 11.3 Å². The van der Waals surface area contributed by atoms with Crippen molar-refractivity contribution in [2.24, 2.45) is 0 Å². The van der Waals surface area contributed by atoms with Gasteiger partial charge < -0.3 is 14.0 Å². The topological polar surface area (TPSA) is 40.5 Å². The molecule has 1 aromatic heterocycles. The highest BCUT2D eigenvalue weighted by Crippen LogP contribution is 2.26. The molecule has 0 saturated carbocycles. The van der Waals surface area contributed by atoms with Crippen molar-refractivity contribution in [3.05, 3.63) is 52.3 Å². The number of rotatable bonds is 7. The first-order valence-electron chi connectivity index (χ1n) is 7.23. The highest BCUT2D eigenvalue weighted by molar-refractivity contribution is 5.65. The van der Waals surface area contributed by atoms with Crippen LogP contribution in [0.1, 0.15) is 5.56 Å². The van der Waals surface area contributed by atoms with Crippen LogP contribution in [0.2, 0.25) is 0 Å². The Morgan fingerprint density at radius 2 is 1.96 bits per heavy atom. The first kappa shape index (κ1) is 17.1. The van der Waals surface area contributed by atoms with E-state index in [1.54, 1.807) is 31.4 Å². The van der Waals surface area contributed by atoms with E-state index in [2.05, 4.69) is 0 Å². The SMILES string of the molecule is COCCOc1ccc(-c2cccc(=O)n2CC(F)F)c(C)c1. The number of hydrogen-bond donors (Lipinski definition) is 0. The van der Waals surface area contributed by atoms with Gasteiger partial charge in [0.05, 0.1) is 18.8 Å². The molecule has 0 unspecified atom stereocenters. The van der Waals surface area contributed by atoms with Crippen LogP contribution in [0.25, 0.3) is 11.3 Å². The summed E-state index contributed by atoms with van der Waals surface area (Å²) in [6.07, 6.45) is -2.59.